The van der Waals surface area contributed by atoms with Crippen LogP contribution in [0.4, 0.5) is 5.69 Å². The number of nitro benzene ring substituents is 1. The summed E-state index contributed by atoms with van der Waals surface area (Å²) in [6.07, 6.45) is 0. The van der Waals surface area contributed by atoms with Gasteiger partial charge in [0.25, 0.3) is 5.69 Å². The molecule has 0 aliphatic carbocycles. The molecule has 0 heterocycles. The van der Waals surface area contributed by atoms with Crippen LogP contribution in [-0.2, 0) is 4.74 Å². The molecule has 1 rings (SSSR count). The van der Waals surface area contributed by atoms with Crippen LogP contribution in [0.2, 0.25) is 0 Å². The Morgan fingerprint density at radius 1 is 1.15 bits per heavy atom. The van der Waals surface area contributed by atoms with E-state index in [1.807, 2.05) is 0 Å². The zero-order chi connectivity index (χ0) is 15.4. The van der Waals surface area contributed by atoms with Crippen LogP contribution >= 0.6 is 0 Å². The molecule has 106 valence electrons. The van der Waals surface area contributed by atoms with Crippen LogP contribution in [0.1, 0.15) is 38.0 Å². The van der Waals surface area contributed by atoms with Crippen LogP contribution in [0.25, 0.3) is 0 Å². The Bertz CT molecular complexity index is 607. The fourth-order valence-electron chi connectivity index (χ4n) is 1.47. The second-order valence-corrected chi connectivity index (χ2v) is 3.50. The van der Waals surface area contributed by atoms with Gasteiger partial charge in [0.15, 0.2) is 0 Å². The first kappa shape index (κ1) is 15.1. The molecule has 1 aromatic rings. The average Bonchev–Trinajstić information content (AvgIpc) is 2.36. The second-order valence-electron chi connectivity index (χ2n) is 3.50. The standard InChI is InChI=1S/C11H9NO8/c1-2-20-11(17)6-3-7(10(15)16)8(12(18)19)4-5(6)9(13)14/h3-4H,2H2,1H3,(H,13,14)(H,15,16). The molecule has 9 heteroatoms. The van der Waals surface area contributed by atoms with E-state index >= 15 is 0 Å². The van der Waals surface area contributed by atoms with E-state index in [2.05, 4.69) is 4.74 Å². The van der Waals surface area contributed by atoms with E-state index in [9.17, 15) is 24.5 Å². The van der Waals surface area contributed by atoms with E-state index in [-0.39, 0.29) is 6.61 Å². The van der Waals surface area contributed by atoms with Crippen molar-refractivity contribution in [1.82, 2.24) is 0 Å². The summed E-state index contributed by atoms with van der Waals surface area (Å²) in [7, 11) is 0. The first-order valence-electron chi connectivity index (χ1n) is 5.25. The van der Waals surface area contributed by atoms with E-state index in [0.29, 0.717) is 12.1 Å². The van der Waals surface area contributed by atoms with Gasteiger partial charge in [-0.25, -0.2) is 14.4 Å². The molecule has 0 spiro atoms. The molecule has 1 aromatic carbocycles. The number of rotatable bonds is 5. The molecular formula is C11H9NO8. The third-order valence-corrected chi connectivity index (χ3v) is 2.29. The molecule has 9 nitrogen and oxygen atoms in total. The molecular weight excluding hydrogens is 274 g/mol. The van der Waals surface area contributed by atoms with Gasteiger partial charge in [0.05, 0.1) is 22.7 Å². The van der Waals surface area contributed by atoms with Crippen molar-refractivity contribution in [3.63, 3.8) is 0 Å². The Kier molecular flexibility index (Phi) is 4.36. The zero-order valence-electron chi connectivity index (χ0n) is 10.2. The predicted octanol–water partition coefficient (Wildman–Crippen LogP) is 1.17. The zero-order valence-corrected chi connectivity index (χ0v) is 10.2. The fourth-order valence-corrected chi connectivity index (χ4v) is 1.47. The maximum Gasteiger partial charge on any atom is 0.342 e. The van der Waals surface area contributed by atoms with Crippen LogP contribution in [0, 0.1) is 10.1 Å². The van der Waals surface area contributed by atoms with Crippen molar-refractivity contribution < 1.29 is 34.3 Å². The highest BCUT2D eigenvalue weighted by atomic mass is 16.6. The molecule has 0 saturated carbocycles. The molecule has 0 atom stereocenters. The van der Waals surface area contributed by atoms with Crippen molar-refractivity contribution >= 4 is 23.6 Å². The number of nitrogens with zero attached hydrogens (tertiary/aromatic N) is 1. The van der Waals surface area contributed by atoms with E-state index in [0.717, 1.165) is 0 Å². The maximum absolute atomic E-state index is 11.6. The van der Waals surface area contributed by atoms with Gasteiger partial charge in [-0.15, -0.1) is 0 Å². The van der Waals surface area contributed by atoms with Crippen molar-refractivity contribution in [1.29, 1.82) is 0 Å². The molecule has 0 aliphatic rings. The lowest BCUT2D eigenvalue weighted by atomic mass is 10.0. The highest BCUT2D eigenvalue weighted by Gasteiger charge is 2.28. The van der Waals surface area contributed by atoms with Gasteiger partial charge < -0.3 is 14.9 Å². The molecule has 0 radical (unpaired) electrons. The van der Waals surface area contributed by atoms with E-state index in [1.54, 1.807) is 0 Å². The summed E-state index contributed by atoms with van der Waals surface area (Å²) in [5.74, 6) is -4.32. The Morgan fingerprint density at radius 3 is 2.10 bits per heavy atom. The minimum absolute atomic E-state index is 0.0582. The lowest BCUT2D eigenvalue weighted by Crippen LogP contribution is -2.15. The number of carbonyl (C=O) groups is 3. The second kappa shape index (κ2) is 5.78. The Hall–Kier alpha value is -2.97. The Labute approximate surface area is 111 Å². The summed E-state index contributed by atoms with van der Waals surface area (Å²) < 4.78 is 4.59. The molecule has 2 N–H and O–H groups in total. The number of carboxylic acids is 2. The first-order valence-corrected chi connectivity index (χ1v) is 5.25. The smallest absolute Gasteiger partial charge is 0.342 e. The molecule has 0 aliphatic heterocycles. The van der Waals surface area contributed by atoms with Crippen LogP contribution in [0.3, 0.4) is 0 Å². The quantitative estimate of drug-likeness (QED) is 0.465. The normalized spacial score (nSPS) is 9.85. The molecule has 0 unspecified atom stereocenters. The summed E-state index contributed by atoms with van der Waals surface area (Å²) >= 11 is 0. The number of hydrogen-bond acceptors (Lipinski definition) is 6. The highest BCUT2D eigenvalue weighted by molar-refractivity contribution is 6.06. The lowest BCUT2D eigenvalue weighted by molar-refractivity contribution is -0.385. The molecule has 0 fully saturated rings. The van der Waals surface area contributed by atoms with Crippen molar-refractivity contribution in [2.24, 2.45) is 0 Å². The van der Waals surface area contributed by atoms with Crippen molar-refractivity contribution in [2.75, 3.05) is 6.61 Å². The molecule has 0 saturated heterocycles. The topological polar surface area (TPSA) is 144 Å². The summed E-state index contributed by atoms with van der Waals surface area (Å²) in [4.78, 5) is 43.2. The SMILES string of the molecule is CCOC(=O)c1cc(C(=O)O)c([N+](=O)[O-])cc1C(=O)O. The van der Waals surface area contributed by atoms with Gasteiger partial charge in [0.1, 0.15) is 5.56 Å². The summed E-state index contributed by atoms with van der Waals surface area (Å²) in [6.45, 7) is 1.42. The van der Waals surface area contributed by atoms with E-state index < -0.39 is 45.2 Å². The average molecular weight is 283 g/mol. The van der Waals surface area contributed by atoms with Gasteiger partial charge in [0.2, 0.25) is 0 Å². The predicted molar refractivity (Wildman–Crippen MR) is 63.0 cm³/mol. The lowest BCUT2D eigenvalue weighted by Gasteiger charge is -2.07. The van der Waals surface area contributed by atoms with E-state index in [1.165, 1.54) is 6.92 Å². The number of nitro groups is 1. The van der Waals surface area contributed by atoms with Gasteiger partial charge in [-0.3, -0.25) is 10.1 Å². The van der Waals surface area contributed by atoms with Crippen molar-refractivity contribution in [3.8, 4) is 0 Å². The molecule has 0 aromatic heterocycles. The third kappa shape index (κ3) is 2.88. The Morgan fingerprint density at radius 2 is 1.70 bits per heavy atom. The fraction of sp³-hybridized carbons (Fsp3) is 0.182. The summed E-state index contributed by atoms with van der Waals surface area (Å²) in [6, 6.07) is 1.15. The molecule has 20 heavy (non-hydrogen) atoms. The van der Waals surface area contributed by atoms with Gasteiger partial charge in [0, 0.05) is 6.07 Å². The van der Waals surface area contributed by atoms with E-state index in [4.69, 9.17) is 10.2 Å². The maximum atomic E-state index is 11.6. The van der Waals surface area contributed by atoms with Crippen LogP contribution < -0.4 is 0 Å². The highest BCUT2D eigenvalue weighted by Crippen LogP contribution is 2.24. The Balaban J connectivity index is 3.61. The van der Waals surface area contributed by atoms with Crippen molar-refractivity contribution in [2.45, 2.75) is 6.92 Å². The number of carboxylic acid groups (broad SMARTS) is 2. The minimum atomic E-state index is -1.65. The van der Waals surface area contributed by atoms with Crippen molar-refractivity contribution in [3.05, 3.63) is 38.9 Å². The first-order chi connectivity index (χ1) is 9.29. The van der Waals surface area contributed by atoms with Crippen LogP contribution in [-0.4, -0.2) is 39.7 Å². The van der Waals surface area contributed by atoms with Gasteiger partial charge in [-0.05, 0) is 13.0 Å². The number of hydrogen-bond donors (Lipinski definition) is 2. The summed E-state index contributed by atoms with van der Waals surface area (Å²) in [5.41, 5.74) is -2.95. The minimum Gasteiger partial charge on any atom is -0.478 e. The van der Waals surface area contributed by atoms with Crippen LogP contribution in [0.15, 0.2) is 12.1 Å². The molecule has 0 amide bonds. The number of benzene rings is 1. The third-order valence-electron chi connectivity index (χ3n) is 2.29. The number of esters is 1. The van der Waals surface area contributed by atoms with Gasteiger partial charge in [-0.2, -0.15) is 0 Å². The monoisotopic (exact) mass is 283 g/mol. The summed E-state index contributed by atoms with van der Waals surface area (Å²) in [5, 5.41) is 28.6. The number of ether oxygens (including phenoxy) is 1. The number of aromatic carboxylic acids is 2. The van der Waals surface area contributed by atoms with Gasteiger partial charge >= 0.3 is 17.9 Å². The van der Waals surface area contributed by atoms with Gasteiger partial charge in [-0.1, -0.05) is 0 Å². The van der Waals surface area contributed by atoms with Crippen LogP contribution in [0.5, 0.6) is 0 Å². The molecule has 0 bridgehead atoms. The largest absolute Gasteiger partial charge is 0.478 e. The number of carbonyl (C=O) groups excluding carboxylic acids is 1.